The lowest BCUT2D eigenvalue weighted by Crippen LogP contribution is -2.31. The van der Waals surface area contributed by atoms with Crippen LogP contribution in [0.2, 0.25) is 0 Å². The average Bonchev–Trinajstić information content (AvgIpc) is 2.53. The van der Waals surface area contributed by atoms with Gasteiger partial charge in [-0.25, -0.2) is 4.79 Å². The van der Waals surface area contributed by atoms with E-state index in [1.165, 1.54) is 24.3 Å². The van der Waals surface area contributed by atoms with Crippen molar-refractivity contribution in [2.45, 2.75) is 13.0 Å². The molecule has 1 amide bonds. The molecule has 0 aliphatic rings. The van der Waals surface area contributed by atoms with Crippen LogP contribution in [0.3, 0.4) is 0 Å². The van der Waals surface area contributed by atoms with Gasteiger partial charge in [-0.2, -0.15) is 0 Å². The lowest BCUT2D eigenvalue weighted by Gasteiger charge is -2.14. The van der Waals surface area contributed by atoms with Crippen LogP contribution >= 0.6 is 0 Å². The van der Waals surface area contributed by atoms with Gasteiger partial charge >= 0.3 is 5.97 Å². The number of esters is 1. The Morgan fingerprint density at radius 1 is 1.14 bits per heavy atom. The number of rotatable bonds is 5. The first-order chi connectivity index (χ1) is 10.6. The van der Waals surface area contributed by atoms with E-state index in [1.54, 1.807) is 0 Å². The molecule has 2 N–H and O–H groups in total. The number of phenolic OH excluding ortho intramolecular Hbond substituents is 1. The highest BCUT2D eigenvalue weighted by molar-refractivity contribution is 5.91. The SMILES string of the molecule is CC(NC(=O)COC(=O)c1cccc(O)c1)c1ccccc1. The minimum atomic E-state index is -0.654. The van der Waals surface area contributed by atoms with Gasteiger partial charge in [-0.3, -0.25) is 4.79 Å². The second-order valence-corrected chi connectivity index (χ2v) is 4.83. The molecule has 1 atom stereocenters. The number of ether oxygens (including phenoxy) is 1. The van der Waals surface area contributed by atoms with Gasteiger partial charge in [0.1, 0.15) is 5.75 Å². The lowest BCUT2D eigenvalue weighted by molar-refractivity contribution is -0.124. The number of carbonyl (C=O) groups is 2. The van der Waals surface area contributed by atoms with E-state index in [1.807, 2.05) is 37.3 Å². The van der Waals surface area contributed by atoms with Gasteiger partial charge in [-0.15, -0.1) is 0 Å². The molecule has 0 aliphatic carbocycles. The fraction of sp³-hybridized carbons (Fsp3) is 0.176. The highest BCUT2D eigenvalue weighted by Crippen LogP contribution is 2.12. The molecule has 0 heterocycles. The highest BCUT2D eigenvalue weighted by Gasteiger charge is 2.13. The number of benzene rings is 2. The van der Waals surface area contributed by atoms with E-state index in [9.17, 15) is 14.7 Å². The van der Waals surface area contributed by atoms with Crippen LogP contribution < -0.4 is 5.32 Å². The predicted molar refractivity (Wildman–Crippen MR) is 81.4 cm³/mol. The number of nitrogens with one attached hydrogen (secondary N) is 1. The first-order valence-corrected chi connectivity index (χ1v) is 6.86. The van der Waals surface area contributed by atoms with Crippen LogP contribution in [0.1, 0.15) is 28.9 Å². The molecule has 0 spiro atoms. The third-order valence-electron chi connectivity index (χ3n) is 3.09. The van der Waals surface area contributed by atoms with Gasteiger partial charge in [0.05, 0.1) is 11.6 Å². The van der Waals surface area contributed by atoms with Gasteiger partial charge in [0.25, 0.3) is 5.91 Å². The summed E-state index contributed by atoms with van der Waals surface area (Å²) < 4.78 is 4.92. The Kier molecular flexibility index (Phi) is 5.14. The van der Waals surface area contributed by atoms with Crippen molar-refractivity contribution in [2.24, 2.45) is 0 Å². The summed E-state index contributed by atoms with van der Waals surface area (Å²) in [6.45, 7) is 1.48. The largest absolute Gasteiger partial charge is 0.508 e. The second kappa shape index (κ2) is 7.26. The molecule has 0 saturated heterocycles. The van der Waals surface area contributed by atoms with E-state index in [2.05, 4.69) is 5.32 Å². The topological polar surface area (TPSA) is 75.6 Å². The molecule has 2 rings (SSSR count). The van der Waals surface area contributed by atoms with Crippen LogP contribution in [0.15, 0.2) is 54.6 Å². The summed E-state index contributed by atoms with van der Waals surface area (Å²) in [5, 5.41) is 12.0. The molecule has 0 bridgehead atoms. The maximum atomic E-state index is 11.8. The van der Waals surface area contributed by atoms with Gasteiger partial charge in [0.15, 0.2) is 6.61 Å². The van der Waals surface area contributed by atoms with Crippen LogP contribution in [0.4, 0.5) is 0 Å². The Labute approximate surface area is 128 Å². The summed E-state index contributed by atoms with van der Waals surface area (Å²) in [6, 6.07) is 15.1. The van der Waals surface area contributed by atoms with Crippen molar-refractivity contribution in [3.05, 3.63) is 65.7 Å². The van der Waals surface area contributed by atoms with Crippen molar-refractivity contribution in [2.75, 3.05) is 6.61 Å². The molecule has 0 aliphatic heterocycles. The van der Waals surface area contributed by atoms with Crippen LogP contribution in [0.5, 0.6) is 5.75 Å². The van der Waals surface area contributed by atoms with Gasteiger partial charge in [0, 0.05) is 0 Å². The Bertz CT molecular complexity index is 655. The van der Waals surface area contributed by atoms with Crippen LogP contribution in [0, 0.1) is 0 Å². The van der Waals surface area contributed by atoms with E-state index < -0.39 is 5.97 Å². The van der Waals surface area contributed by atoms with Gasteiger partial charge < -0.3 is 15.2 Å². The molecule has 5 nitrogen and oxygen atoms in total. The average molecular weight is 299 g/mol. The molecule has 114 valence electrons. The zero-order valence-electron chi connectivity index (χ0n) is 12.2. The minimum absolute atomic E-state index is 0.0309. The number of carbonyl (C=O) groups excluding carboxylic acids is 2. The number of hydrogen-bond acceptors (Lipinski definition) is 4. The van der Waals surface area contributed by atoms with Crippen LogP contribution in [0.25, 0.3) is 0 Å². The molecule has 5 heteroatoms. The maximum absolute atomic E-state index is 11.8. The standard InChI is InChI=1S/C17H17NO4/c1-12(13-6-3-2-4-7-13)18-16(20)11-22-17(21)14-8-5-9-15(19)10-14/h2-10,12,19H,11H2,1H3,(H,18,20). The van der Waals surface area contributed by atoms with E-state index in [-0.39, 0.29) is 29.9 Å². The highest BCUT2D eigenvalue weighted by atomic mass is 16.5. The van der Waals surface area contributed by atoms with Crippen molar-refractivity contribution >= 4 is 11.9 Å². The summed E-state index contributed by atoms with van der Waals surface area (Å²) in [5.41, 5.74) is 1.17. The first kappa shape index (κ1) is 15.6. The molecule has 0 fully saturated rings. The van der Waals surface area contributed by atoms with Gasteiger partial charge in [0.2, 0.25) is 0 Å². The molecule has 0 saturated carbocycles. The monoisotopic (exact) mass is 299 g/mol. The molecule has 0 aromatic heterocycles. The molecule has 0 radical (unpaired) electrons. The van der Waals surface area contributed by atoms with E-state index in [0.717, 1.165) is 5.56 Å². The fourth-order valence-corrected chi connectivity index (χ4v) is 1.96. The molecular weight excluding hydrogens is 282 g/mol. The molecule has 1 unspecified atom stereocenters. The van der Waals surface area contributed by atoms with Crippen molar-refractivity contribution in [1.82, 2.24) is 5.32 Å². The Hall–Kier alpha value is -2.82. The maximum Gasteiger partial charge on any atom is 0.338 e. The molecule has 2 aromatic carbocycles. The number of aromatic hydroxyl groups is 1. The smallest absolute Gasteiger partial charge is 0.338 e. The molecule has 2 aromatic rings. The fourth-order valence-electron chi connectivity index (χ4n) is 1.96. The molecule has 22 heavy (non-hydrogen) atoms. The number of phenols is 1. The Morgan fingerprint density at radius 2 is 1.86 bits per heavy atom. The minimum Gasteiger partial charge on any atom is -0.508 e. The summed E-state index contributed by atoms with van der Waals surface area (Å²) >= 11 is 0. The second-order valence-electron chi connectivity index (χ2n) is 4.83. The van der Waals surface area contributed by atoms with Crippen LogP contribution in [-0.4, -0.2) is 23.6 Å². The van der Waals surface area contributed by atoms with Crippen molar-refractivity contribution in [3.8, 4) is 5.75 Å². The summed E-state index contributed by atoms with van der Waals surface area (Å²) in [6.07, 6.45) is 0. The lowest BCUT2D eigenvalue weighted by atomic mass is 10.1. The summed E-state index contributed by atoms with van der Waals surface area (Å²) in [4.78, 5) is 23.5. The normalized spacial score (nSPS) is 11.5. The predicted octanol–water partition coefficient (Wildman–Crippen LogP) is 2.43. The van der Waals surface area contributed by atoms with Crippen molar-refractivity contribution in [3.63, 3.8) is 0 Å². The third kappa shape index (κ3) is 4.34. The zero-order chi connectivity index (χ0) is 15.9. The first-order valence-electron chi connectivity index (χ1n) is 6.86. The molecular formula is C17H17NO4. The van der Waals surface area contributed by atoms with E-state index >= 15 is 0 Å². The van der Waals surface area contributed by atoms with Crippen molar-refractivity contribution < 1.29 is 19.4 Å². The van der Waals surface area contributed by atoms with Crippen LogP contribution in [-0.2, 0) is 9.53 Å². The Balaban J connectivity index is 1.84. The van der Waals surface area contributed by atoms with Gasteiger partial charge in [-0.1, -0.05) is 36.4 Å². The quantitative estimate of drug-likeness (QED) is 0.831. The Morgan fingerprint density at radius 3 is 2.55 bits per heavy atom. The van der Waals surface area contributed by atoms with E-state index in [4.69, 9.17) is 4.74 Å². The number of hydrogen-bond donors (Lipinski definition) is 2. The number of amides is 1. The zero-order valence-corrected chi connectivity index (χ0v) is 12.2. The van der Waals surface area contributed by atoms with E-state index in [0.29, 0.717) is 0 Å². The van der Waals surface area contributed by atoms with Crippen molar-refractivity contribution in [1.29, 1.82) is 0 Å². The summed E-state index contributed by atoms with van der Waals surface area (Å²) in [5.74, 6) is -1.07. The third-order valence-corrected chi connectivity index (χ3v) is 3.09. The van der Waals surface area contributed by atoms with Gasteiger partial charge in [-0.05, 0) is 30.7 Å². The summed E-state index contributed by atoms with van der Waals surface area (Å²) in [7, 11) is 0.